The molecule has 8 rings (SSSR count). The SMILES string of the molecule is CN(CCCN1C(=O)N(c2cccc(C(F)(F)F)c2)C2=C(C(=O)N(CC[N+](C)(C)C)C2)[C@H]1c1ccc(C#N)cc1)CCCN1C(=O)N(c2cccc(C(F)(F)F)c2)C2=C(C(=O)N(CC[N+](C)(C)C)C2)[C@H]1c1ccc(C#N)cc1.CO[O-].O=C[O-]. The first-order valence-corrected chi connectivity index (χ1v) is 26.6. The summed E-state index contributed by atoms with van der Waals surface area (Å²) in [5.74, 6) is -0.728. The molecule has 4 heterocycles. The molecule has 0 unspecified atom stereocenters. The number of rotatable bonds is 18. The summed E-state index contributed by atoms with van der Waals surface area (Å²) < 4.78 is 86.3. The number of alkyl halides is 6. The van der Waals surface area contributed by atoms with E-state index in [4.69, 9.17) is 15.2 Å². The number of nitrogens with zero attached hydrogens (tertiary/aromatic N) is 11. The molecule has 0 N–H and O–H groups in total. The highest BCUT2D eigenvalue weighted by molar-refractivity contribution is 6.08. The van der Waals surface area contributed by atoms with Crippen molar-refractivity contribution < 1.29 is 74.5 Å². The number of quaternary nitrogens is 2. The zero-order valence-electron chi connectivity index (χ0n) is 47.9. The van der Waals surface area contributed by atoms with Crippen molar-refractivity contribution in [3.8, 4) is 12.1 Å². The molecule has 0 aromatic heterocycles. The number of nitriles is 2. The fourth-order valence-corrected chi connectivity index (χ4v) is 10.3. The second-order valence-corrected chi connectivity index (χ2v) is 22.5. The normalized spacial score (nSPS) is 17.5. The van der Waals surface area contributed by atoms with Crippen LogP contribution in [0.15, 0.2) is 120 Å². The summed E-state index contributed by atoms with van der Waals surface area (Å²) in [6, 6.07) is 22.9. The quantitative estimate of drug-likeness (QED) is 0.0386. The fraction of sp³-hybridized carbons (Fsp3) is 0.407. The van der Waals surface area contributed by atoms with E-state index >= 15 is 9.59 Å². The van der Waals surface area contributed by atoms with E-state index in [0.29, 0.717) is 83.3 Å². The van der Waals surface area contributed by atoms with Gasteiger partial charge < -0.3 is 53.5 Å². The van der Waals surface area contributed by atoms with E-state index in [0.717, 1.165) is 31.4 Å². The van der Waals surface area contributed by atoms with Crippen molar-refractivity contribution in [2.24, 2.45) is 0 Å². The summed E-state index contributed by atoms with van der Waals surface area (Å²) >= 11 is 0. The van der Waals surface area contributed by atoms with Crippen LogP contribution in [0.2, 0.25) is 0 Å². The summed E-state index contributed by atoms with van der Waals surface area (Å²) in [5, 5.41) is 36.0. The van der Waals surface area contributed by atoms with Crippen LogP contribution >= 0.6 is 0 Å². The van der Waals surface area contributed by atoms with Gasteiger partial charge in [-0.2, -0.15) is 36.9 Å². The molecule has 0 aliphatic carbocycles. The van der Waals surface area contributed by atoms with Gasteiger partial charge in [0.05, 0.1) is 162 Å². The maximum absolute atomic E-state index is 15.1. The zero-order chi connectivity index (χ0) is 62.1. The van der Waals surface area contributed by atoms with Crippen molar-refractivity contribution in [2.75, 3.05) is 132 Å². The molecule has 2 atom stereocenters. The lowest BCUT2D eigenvalue weighted by molar-refractivity contribution is -0.869. The number of anilines is 2. The molecule has 84 heavy (non-hydrogen) atoms. The maximum atomic E-state index is 15.1. The smallest absolute Gasteiger partial charge is 0.416 e. The second-order valence-electron chi connectivity index (χ2n) is 22.5. The van der Waals surface area contributed by atoms with E-state index in [1.165, 1.54) is 43.9 Å². The Labute approximate surface area is 483 Å². The van der Waals surface area contributed by atoms with E-state index in [1.807, 2.05) is 54.2 Å². The van der Waals surface area contributed by atoms with Crippen LogP contribution in [0.4, 0.5) is 47.3 Å². The van der Waals surface area contributed by atoms with Gasteiger partial charge in [-0.05, 0) is 105 Å². The Morgan fingerprint density at radius 2 is 0.952 bits per heavy atom. The number of urea groups is 2. The average molecular weight is 1170 g/mol. The molecule has 25 heteroatoms. The number of hydrogen-bond donors (Lipinski definition) is 0. The highest BCUT2D eigenvalue weighted by atomic mass is 19.4. The predicted octanol–water partition coefficient (Wildman–Crippen LogP) is 5.73. The molecule has 0 radical (unpaired) electrons. The highest BCUT2D eigenvalue weighted by Gasteiger charge is 2.51. The number of carbonyl (C=O) groups excluding carboxylic acids is 5. The fourth-order valence-electron chi connectivity index (χ4n) is 10.3. The molecule has 448 valence electrons. The summed E-state index contributed by atoms with van der Waals surface area (Å²) in [6.07, 6.45) is -8.83. The van der Waals surface area contributed by atoms with E-state index in [-0.39, 0.29) is 71.9 Å². The Morgan fingerprint density at radius 1 is 0.619 bits per heavy atom. The minimum absolute atomic E-state index is 0.0235. The van der Waals surface area contributed by atoms with Crippen molar-refractivity contribution in [1.82, 2.24) is 24.5 Å². The monoisotopic (exact) mass is 1170 g/mol. The third-order valence-corrected chi connectivity index (χ3v) is 14.5. The van der Waals surface area contributed by atoms with Crippen molar-refractivity contribution in [2.45, 2.75) is 37.3 Å². The molecule has 6 amide bonds. The van der Waals surface area contributed by atoms with Crippen LogP contribution in [-0.2, 0) is 31.6 Å². The Balaban J connectivity index is 0.00000181. The van der Waals surface area contributed by atoms with Crippen molar-refractivity contribution in [3.63, 3.8) is 0 Å². The van der Waals surface area contributed by atoms with Crippen LogP contribution in [0.3, 0.4) is 0 Å². The van der Waals surface area contributed by atoms with Crippen molar-refractivity contribution in [3.05, 3.63) is 153 Å². The van der Waals surface area contributed by atoms with E-state index in [9.17, 15) is 46.5 Å². The van der Waals surface area contributed by atoms with E-state index in [2.05, 4.69) is 17.0 Å². The molecular formula is C59H67F6N11O8. The van der Waals surface area contributed by atoms with Gasteiger partial charge in [0.15, 0.2) is 0 Å². The Hall–Kier alpha value is -8.33. The minimum Gasteiger partial charge on any atom is -0.724 e. The van der Waals surface area contributed by atoms with Crippen molar-refractivity contribution >= 4 is 41.7 Å². The van der Waals surface area contributed by atoms with Gasteiger partial charge in [0.25, 0.3) is 11.8 Å². The van der Waals surface area contributed by atoms with Crippen LogP contribution < -0.4 is 20.2 Å². The van der Waals surface area contributed by atoms with Gasteiger partial charge >= 0.3 is 24.4 Å². The number of benzene rings is 4. The van der Waals surface area contributed by atoms with Gasteiger partial charge in [-0.15, -0.1) is 0 Å². The third kappa shape index (κ3) is 15.3. The van der Waals surface area contributed by atoms with Gasteiger partial charge in [-0.3, -0.25) is 19.4 Å². The van der Waals surface area contributed by atoms with Crippen LogP contribution in [0.1, 0.15) is 58.3 Å². The van der Waals surface area contributed by atoms with Gasteiger partial charge in [-0.1, -0.05) is 36.4 Å². The lowest BCUT2D eigenvalue weighted by Gasteiger charge is -2.42. The number of likely N-dealkylation sites (N-methyl/N-ethyl adjacent to an activating group) is 2. The molecule has 0 bridgehead atoms. The number of hydrogen-bond acceptors (Lipinski definition) is 11. The number of carbonyl (C=O) groups is 5. The molecule has 0 saturated heterocycles. The first-order valence-electron chi connectivity index (χ1n) is 26.6. The van der Waals surface area contributed by atoms with Crippen LogP contribution in [0, 0.1) is 22.7 Å². The summed E-state index contributed by atoms with van der Waals surface area (Å²) in [5.41, 5.74) is 0.735. The summed E-state index contributed by atoms with van der Waals surface area (Å²) in [7, 11) is 14.7. The average Bonchev–Trinajstić information content (AvgIpc) is 1.85. The standard InChI is InChI=1S/C57H63F6N11O4.CH4O2.CH2O2/c1-66(24-10-26-69-50(40-20-16-38(34-64)17-21-40)48-46(36-67(52(48)75)28-30-73(2,3)4)71(54(69)77)44-14-8-12-42(32-44)56(58,59)60)25-11-27-70-51(41-22-18-39(35-65)19-23-41)49-47(37-68(53(49)76)29-31-74(5,6)7)72(55(70)78)45-15-9-13-43(33-45)57(61,62)63;1-3-2;2-1-3/h8-9,12-23,32-33,50-51H,10-11,24-31,36-37H2,1-7H3;2H,1H3;1H,(H,2,3)/q+2;;/p-2/t50-,51-;;/m1../s1. The van der Waals surface area contributed by atoms with Crippen LogP contribution in [0.25, 0.3) is 0 Å². The molecule has 0 fully saturated rings. The number of halogens is 6. The molecule has 0 saturated carbocycles. The molecule has 4 aliphatic heterocycles. The topological polar surface area (TPSA) is 211 Å². The summed E-state index contributed by atoms with van der Waals surface area (Å²) in [6.45, 7) is 1.91. The van der Waals surface area contributed by atoms with E-state index in [1.54, 1.807) is 58.3 Å². The third-order valence-electron chi connectivity index (χ3n) is 14.5. The van der Waals surface area contributed by atoms with Gasteiger partial charge in [0.1, 0.15) is 0 Å². The molecule has 4 aliphatic rings. The van der Waals surface area contributed by atoms with Crippen LogP contribution in [-0.4, -0.2) is 186 Å². The molecule has 4 aromatic carbocycles. The van der Waals surface area contributed by atoms with Gasteiger partial charge in [-0.25, -0.2) is 9.59 Å². The molecule has 4 aromatic rings. The molecular weight excluding hydrogens is 1100 g/mol. The highest BCUT2D eigenvalue weighted by Crippen LogP contribution is 2.46. The Morgan fingerprint density at radius 3 is 1.25 bits per heavy atom. The van der Waals surface area contributed by atoms with Crippen LogP contribution in [0.5, 0.6) is 0 Å². The second kappa shape index (κ2) is 26.9. The molecule has 0 spiro atoms. The Kier molecular flexibility index (Phi) is 20.8. The van der Waals surface area contributed by atoms with Gasteiger partial charge in [0, 0.05) is 26.7 Å². The number of carboxylic acid groups (broad SMARTS) is 1. The lowest BCUT2D eigenvalue weighted by Crippen LogP contribution is -2.51. The number of amides is 6. The van der Waals surface area contributed by atoms with Gasteiger partial charge in [0.2, 0.25) is 0 Å². The first-order chi connectivity index (χ1) is 39.5. The Bertz CT molecular complexity index is 2990. The minimum atomic E-state index is -4.72. The first kappa shape index (κ1) is 64.8. The largest absolute Gasteiger partial charge is 0.724 e. The molecule has 19 nitrogen and oxygen atoms in total. The zero-order valence-corrected chi connectivity index (χ0v) is 47.9. The maximum Gasteiger partial charge on any atom is 0.416 e. The van der Waals surface area contributed by atoms with Crippen molar-refractivity contribution in [1.29, 1.82) is 10.5 Å². The predicted molar refractivity (Wildman–Crippen MR) is 293 cm³/mol. The lowest BCUT2D eigenvalue weighted by atomic mass is 9.92. The summed E-state index contributed by atoms with van der Waals surface area (Å²) in [4.78, 5) is 81.4. The van der Waals surface area contributed by atoms with E-state index < -0.39 is 54.1 Å².